The van der Waals surface area contributed by atoms with E-state index in [1.807, 2.05) is 0 Å². The van der Waals surface area contributed by atoms with Crippen LogP contribution >= 0.6 is 15.9 Å². The molecule has 1 N–H and O–H groups in total. The Morgan fingerprint density at radius 3 is 2.79 bits per heavy atom. The summed E-state index contributed by atoms with van der Waals surface area (Å²) < 4.78 is 6.66. The van der Waals surface area contributed by atoms with E-state index in [1.54, 1.807) is 0 Å². The molecular formula is C18H17BrN4O. The molecule has 1 saturated carbocycles. The van der Waals surface area contributed by atoms with Gasteiger partial charge in [0, 0.05) is 21.6 Å². The number of halogens is 1. The average molecular weight is 385 g/mol. The quantitative estimate of drug-likeness (QED) is 0.727. The van der Waals surface area contributed by atoms with Crippen molar-refractivity contribution in [2.75, 3.05) is 0 Å². The number of rotatable bonds is 3. The molecule has 5 nitrogen and oxygen atoms in total. The first kappa shape index (κ1) is 14.4. The summed E-state index contributed by atoms with van der Waals surface area (Å²) in [5, 5.41) is 11.8. The Hall–Kier alpha value is -1.95. The molecule has 1 fully saturated rings. The fraction of sp³-hybridized carbons (Fsp3) is 0.389. The van der Waals surface area contributed by atoms with Gasteiger partial charge in [0.15, 0.2) is 0 Å². The van der Waals surface area contributed by atoms with Gasteiger partial charge in [0.1, 0.15) is 5.69 Å². The zero-order valence-corrected chi connectivity index (χ0v) is 14.7. The van der Waals surface area contributed by atoms with Crippen molar-refractivity contribution in [1.82, 2.24) is 20.3 Å². The Morgan fingerprint density at radius 1 is 1.08 bits per heavy atom. The molecule has 1 aromatic carbocycles. The average Bonchev–Trinajstić information content (AvgIpc) is 3.06. The summed E-state index contributed by atoms with van der Waals surface area (Å²) in [6.45, 7) is 0. The van der Waals surface area contributed by atoms with Crippen LogP contribution in [0.4, 0.5) is 0 Å². The highest BCUT2D eigenvalue weighted by atomic mass is 79.9. The lowest BCUT2D eigenvalue weighted by Crippen LogP contribution is -2.01. The molecule has 3 aromatic rings. The SMILES string of the molecule is Brc1ccc([C@@H]2C[C@H]2c2nc(-c3n[nH]c4c3CCCC4)no2)cc1. The molecular weight excluding hydrogens is 368 g/mol. The lowest BCUT2D eigenvalue weighted by Gasteiger charge is -2.09. The zero-order valence-electron chi connectivity index (χ0n) is 13.1. The van der Waals surface area contributed by atoms with Gasteiger partial charge in [-0.25, -0.2) is 0 Å². The molecule has 0 aliphatic heterocycles. The normalized spacial score (nSPS) is 22.4. The molecule has 5 rings (SSSR count). The summed E-state index contributed by atoms with van der Waals surface area (Å²) in [5.74, 6) is 2.19. The molecule has 122 valence electrons. The second-order valence-electron chi connectivity index (χ2n) is 6.69. The monoisotopic (exact) mass is 384 g/mol. The van der Waals surface area contributed by atoms with Crippen molar-refractivity contribution in [2.24, 2.45) is 0 Å². The summed E-state index contributed by atoms with van der Waals surface area (Å²) in [7, 11) is 0. The molecule has 6 heteroatoms. The predicted molar refractivity (Wildman–Crippen MR) is 92.8 cm³/mol. The molecule has 0 radical (unpaired) electrons. The largest absolute Gasteiger partial charge is 0.339 e. The van der Waals surface area contributed by atoms with E-state index < -0.39 is 0 Å². The number of hydrogen-bond acceptors (Lipinski definition) is 4. The van der Waals surface area contributed by atoms with Gasteiger partial charge >= 0.3 is 0 Å². The second-order valence-corrected chi connectivity index (χ2v) is 7.61. The van der Waals surface area contributed by atoms with Crippen molar-refractivity contribution in [1.29, 1.82) is 0 Å². The highest BCUT2D eigenvalue weighted by Gasteiger charge is 2.44. The van der Waals surface area contributed by atoms with Crippen LogP contribution in [0.1, 0.15) is 53.8 Å². The van der Waals surface area contributed by atoms with Crippen molar-refractivity contribution >= 4 is 15.9 Å². The van der Waals surface area contributed by atoms with Crippen molar-refractivity contribution in [3.63, 3.8) is 0 Å². The lowest BCUT2D eigenvalue weighted by atomic mass is 9.96. The molecule has 2 aromatic heterocycles. The standard InChI is InChI=1S/C18H17BrN4O/c19-11-7-5-10(6-8-11)13-9-14(13)18-20-17(23-24-18)16-12-3-1-2-4-15(12)21-22-16/h5-8,13-14H,1-4,9H2,(H,21,22)/t13-,14+/m0/s1. The second kappa shape index (κ2) is 5.55. The van der Waals surface area contributed by atoms with Crippen LogP contribution in [-0.2, 0) is 12.8 Å². The van der Waals surface area contributed by atoms with Gasteiger partial charge in [0.05, 0.1) is 0 Å². The van der Waals surface area contributed by atoms with Crippen LogP contribution in [0.2, 0.25) is 0 Å². The van der Waals surface area contributed by atoms with Crippen molar-refractivity contribution < 1.29 is 4.52 Å². The molecule has 2 heterocycles. The van der Waals surface area contributed by atoms with Gasteiger partial charge in [0.25, 0.3) is 0 Å². The summed E-state index contributed by atoms with van der Waals surface area (Å²) in [4.78, 5) is 4.65. The highest BCUT2D eigenvalue weighted by Crippen LogP contribution is 2.54. The number of aromatic amines is 1. The maximum atomic E-state index is 5.55. The molecule has 0 saturated heterocycles. The summed E-state index contributed by atoms with van der Waals surface area (Å²) >= 11 is 3.48. The van der Waals surface area contributed by atoms with Crippen LogP contribution in [0.15, 0.2) is 33.3 Å². The summed E-state index contributed by atoms with van der Waals surface area (Å²) in [6.07, 6.45) is 5.63. The number of nitrogens with one attached hydrogen (secondary N) is 1. The van der Waals surface area contributed by atoms with E-state index in [-0.39, 0.29) is 0 Å². The van der Waals surface area contributed by atoms with Crippen molar-refractivity contribution in [3.05, 3.63) is 51.4 Å². The Kier molecular flexibility index (Phi) is 3.33. The molecule has 0 amide bonds. The smallest absolute Gasteiger partial charge is 0.230 e. The van der Waals surface area contributed by atoms with E-state index in [2.05, 4.69) is 60.5 Å². The lowest BCUT2D eigenvalue weighted by molar-refractivity contribution is 0.378. The van der Waals surface area contributed by atoms with Crippen LogP contribution in [0, 0.1) is 0 Å². The van der Waals surface area contributed by atoms with Gasteiger partial charge < -0.3 is 4.52 Å². The maximum Gasteiger partial charge on any atom is 0.230 e. The van der Waals surface area contributed by atoms with E-state index in [9.17, 15) is 0 Å². The first-order chi connectivity index (χ1) is 11.8. The molecule has 2 aliphatic carbocycles. The van der Waals surface area contributed by atoms with E-state index in [1.165, 1.54) is 29.7 Å². The number of aromatic nitrogens is 4. The van der Waals surface area contributed by atoms with E-state index >= 15 is 0 Å². The molecule has 2 atom stereocenters. The number of benzene rings is 1. The van der Waals surface area contributed by atoms with Crippen molar-refractivity contribution in [3.8, 4) is 11.5 Å². The van der Waals surface area contributed by atoms with Crippen LogP contribution in [0.25, 0.3) is 11.5 Å². The van der Waals surface area contributed by atoms with Crippen LogP contribution in [0.3, 0.4) is 0 Å². The minimum absolute atomic E-state index is 0.335. The van der Waals surface area contributed by atoms with Gasteiger partial charge in [-0.3, -0.25) is 5.10 Å². The Labute approximate surface area is 148 Å². The van der Waals surface area contributed by atoms with Crippen molar-refractivity contribution in [2.45, 2.75) is 43.9 Å². The third-order valence-corrected chi connectivity index (χ3v) is 5.64. The van der Waals surface area contributed by atoms with E-state index in [0.717, 1.165) is 35.3 Å². The molecule has 2 aliphatic rings. The van der Waals surface area contributed by atoms with Crippen LogP contribution < -0.4 is 0 Å². The highest BCUT2D eigenvalue weighted by molar-refractivity contribution is 9.10. The third-order valence-electron chi connectivity index (χ3n) is 5.12. The predicted octanol–water partition coefficient (Wildman–Crippen LogP) is 4.37. The Bertz CT molecular complexity index is 883. The van der Waals surface area contributed by atoms with Crippen LogP contribution in [-0.4, -0.2) is 20.3 Å². The number of hydrogen-bond donors (Lipinski definition) is 1. The van der Waals surface area contributed by atoms with Gasteiger partial charge in [-0.1, -0.05) is 33.2 Å². The Balaban J connectivity index is 1.39. The number of fused-ring (bicyclic) bond motifs is 1. The minimum Gasteiger partial charge on any atom is -0.339 e. The zero-order chi connectivity index (χ0) is 16.1. The van der Waals surface area contributed by atoms with Gasteiger partial charge in [-0.15, -0.1) is 0 Å². The molecule has 0 spiro atoms. The Morgan fingerprint density at radius 2 is 1.92 bits per heavy atom. The summed E-state index contributed by atoms with van der Waals surface area (Å²) in [5.41, 5.74) is 4.72. The van der Waals surface area contributed by atoms with Gasteiger partial charge in [-0.2, -0.15) is 10.1 Å². The number of nitrogens with zero attached hydrogens (tertiary/aromatic N) is 3. The molecule has 0 unspecified atom stereocenters. The fourth-order valence-corrected chi connectivity index (χ4v) is 3.96. The number of H-pyrrole nitrogens is 1. The van der Waals surface area contributed by atoms with Gasteiger partial charge in [-0.05, 0) is 55.7 Å². The minimum atomic E-state index is 0.335. The van der Waals surface area contributed by atoms with Gasteiger partial charge in [0.2, 0.25) is 11.7 Å². The van der Waals surface area contributed by atoms with Crippen LogP contribution in [0.5, 0.6) is 0 Å². The maximum absolute atomic E-state index is 5.55. The first-order valence-corrected chi connectivity index (χ1v) is 9.24. The van der Waals surface area contributed by atoms with E-state index in [4.69, 9.17) is 4.52 Å². The molecule has 0 bridgehead atoms. The third kappa shape index (κ3) is 2.40. The fourth-order valence-electron chi connectivity index (χ4n) is 3.69. The topological polar surface area (TPSA) is 67.6 Å². The summed E-state index contributed by atoms with van der Waals surface area (Å²) in [6, 6.07) is 8.49. The van der Waals surface area contributed by atoms with E-state index in [0.29, 0.717) is 17.7 Å². The molecule has 24 heavy (non-hydrogen) atoms. The first-order valence-electron chi connectivity index (χ1n) is 8.45. The number of aryl methyl sites for hydroxylation is 1.